The first-order valence-electron chi connectivity index (χ1n) is 8.53. The molecule has 0 aliphatic rings. The number of fused-ring (bicyclic) bond motifs is 1. The second-order valence-corrected chi connectivity index (χ2v) is 6.55. The number of hydrogen-bond acceptors (Lipinski definition) is 4. The van der Waals surface area contributed by atoms with Gasteiger partial charge in [-0.3, -0.25) is 9.78 Å². The van der Waals surface area contributed by atoms with Gasteiger partial charge in [0.1, 0.15) is 11.8 Å². The maximum absolute atomic E-state index is 12.7. The van der Waals surface area contributed by atoms with Crippen LogP contribution < -0.4 is 5.32 Å². The number of aryl methyl sites for hydroxylation is 2. The molecule has 3 aromatic rings. The summed E-state index contributed by atoms with van der Waals surface area (Å²) in [4.78, 5) is 28.7. The Hall–Kier alpha value is -3.41. The van der Waals surface area contributed by atoms with Crippen molar-refractivity contribution in [1.29, 1.82) is 0 Å². The normalized spacial score (nSPS) is 11.9. The van der Waals surface area contributed by atoms with Crippen LogP contribution in [0.1, 0.15) is 27.2 Å². The Labute approximate surface area is 156 Å². The van der Waals surface area contributed by atoms with E-state index in [-0.39, 0.29) is 12.2 Å². The van der Waals surface area contributed by atoms with E-state index < -0.39 is 17.9 Å². The van der Waals surface area contributed by atoms with Gasteiger partial charge in [0.2, 0.25) is 0 Å². The maximum atomic E-state index is 12.7. The monoisotopic (exact) mass is 364 g/mol. The molecule has 0 spiro atoms. The van der Waals surface area contributed by atoms with Crippen molar-refractivity contribution < 1.29 is 19.8 Å². The van der Waals surface area contributed by atoms with E-state index in [0.29, 0.717) is 16.8 Å². The summed E-state index contributed by atoms with van der Waals surface area (Å²) >= 11 is 0. The maximum Gasteiger partial charge on any atom is 0.326 e. The van der Waals surface area contributed by atoms with Gasteiger partial charge in [-0.1, -0.05) is 23.8 Å². The zero-order chi connectivity index (χ0) is 19.6. The van der Waals surface area contributed by atoms with Gasteiger partial charge in [-0.25, -0.2) is 4.79 Å². The van der Waals surface area contributed by atoms with Crippen molar-refractivity contribution in [3.05, 3.63) is 70.9 Å². The van der Waals surface area contributed by atoms with Crippen molar-refractivity contribution in [2.24, 2.45) is 0 Å². The average Bonchev–Trinajstić information content (AvgIpc) is 2.62. The lowest BCUT2D eigenvalue weighted by atomic mass is 10.0. The Morgan fingerprint density at radius 2 is 1.78 bits per heavy atom. The number of phenolic OH excluding ortho intramolecular Hbond substituents is 1. The fourth-order valence-electron chi connectivity index (χ4n) is 2.93. The predicted molar refractivity (Wildman–Crippen MR) is 102 cm³/mol. The molecule has 0 bridgehead atoms. The van der Waals surface area contributed by atoms with Gasteiger partial charge in [-0.05, 0) is 49.7 Å². The fourth-order valence-corrected chi connectivity index (χ4v) is 2.93. The molecule has 1 atom stereocenters. The fraction of sp³-hybridized carbons (Fsp3) is 0.190. The van der Waals surface area contributed by atoms with Crippen LogP contribution in [0.15, 0.2) is 48.5 Å². The third kappa shape index (κ3) is 4.23. The highest BCUT2D eigenvalue weighted by Gasteiger charge is 2.22. The summed E-state index contributed by atoms with van der Waals surface area (Å²) in [6.07, 6.45) is 0.112. The molecular weight excluding hydrogens is 344 g/mol. The summed E-state index contributed by atoms with van der Waals surface area (Å²) < 4.78 is 0. The zero-order valence-electron chi connectivity index (χ0n) is 15.1. The molecule has 3 rings (SSSR count). The number of amides is 1. The van der Waals surface area contributed by atoms with E-state index >= 15 is 0 Å². The number of benzene rings is 2. The number of aliphatic carboxylic acids is 1. The summed E-state index contributed by atoms with van der Waals surface area (Å²) in [5.74, 6) is -1.50. The number of aromatic hydroxyl groups is 1. The van der Waals surface area contributed by atoms with E-state index in [1.807, 2.05) is 25.1 Å². The standard InChI is InChI=1S/C21H20N2O4/c1-12-3-8-18-15(9-12)11-17(13(2)22-18)20(25)23-19(21(26)27)10-14-4-6-16(24)7-5-14/h3-9,11,19,24H,10H2,1-2H3,(H,23,25)(H,26,27)/t19-/m0/s1. The average molecular weight is 364 g/mol. The van der Waals surface area contributed by atoms with Crippen LogP contribution in [-0.4, -0.2) is 33.1 Å². The number of carbonyl (C=O) groups excluding carboxylic acids is 1. The molecule has 0 saturated carbocycles. The third-order valence-electron chi connectivity index (χ3n) is 4.39. The summed E-state index contributed by atoms with van der Waals surface area (Å²) in [6.45, 7) is 3.68. The minimum atomic E-state index is -1.13. The van der Waals surface area contributed by atoms with E-state index in [2.05, 4.69) is 10.3 Å². The molecule has 138 valence electrons. The number of hydrogen-bond donors (Lipinski definition) is 3. The topological polar surface area (TPSA) is 99.5 Å². The molecule has 6 nitrogen and oxygen atoms in total. The van der Waals surface area contributed by atoms with Gasteiger partial charge in [-0.2, -0.15) is 0 Å². The van der Waals surface area contributed by atoms with Gasteiger partial charge in [0, 0.05) is 11.8 Å². The lowest BCUT2D eigenvalue weighted by Gasteiger charge is -2.16. The number of rotatable bonds is 5. The highest BCUT2D eigenvalue weighted by Crippen LogP contribution is 2.18. The largest absolute Gasteiger partial charge is 0.508 e. The molecule has 0 saturated heterocycles. The van der Waals surface area contributed by atoms with Crippen LogP contribution in [0, 0.1) is 13.8 Å². The molecule has 0 fully saturated rings. The molecule has 0 aliphatic heterocycles. The summed E-state index contributed by atoms with van der Waals surface area (Å²) in [7, 11) is 0. The van der Waals surface area contributed by atoms with Crippen LogP contribution in [0.3, 0.4) is 0 Å². The smallest absolute Gasteiger partial charge is 0.326 e. The van der Waals surface area contributed by atoms with Crippen molar-refractivity contribution >= 4 is 22.8 Å². The lowest BCUT2D eigenvalue weighted by molar-refractivity contribution is -0.139. The van der Waals surface area contributed by atoms with Crippen molar-refractivity contribution in [2.45, 2.75) is 26.3 Å². The van der Waals surface area contributed by atoms with Crippen molar-refractivity contribution in [3.63, 3.8) is 0 Å². The van der Waals surface area contributed by atoms with E-state index in [1.54, 1.807) is 25.1 Å². The molecular formula is C21H20N2O4. The minimum absolute atomic E-state index is 0.0998. The Bertz CT molecular complexity index is 1010. The first-order chi connectivity index (χ1) is 12.8. The predicted octanol–water partition coefficient (Wildman–Crippen LogP) is 2.98. The van der Waals surface area contributed by atoms with Gasteiger partial charge in [0.05, 0.1) is 16.8 Å². The van der Waals surface area contributed by atoms with Crippen molar-refractivity contribution in [1.82, 2.24) is 10.3 Å². The van der Waals surface area contributed by atoms with Crippen LogP contribution in [0.25, 0.3) is 10.9 Å². The summed E-state index contributed by atoms with van der Waals surface area (Å²) in [5.41, 5.74) is 3.43. The van der Waals surface area contributed by atoms with Crippen molar-refractivity contribution in [2.75, 3.05) is 0 Å². The second kappa shape index (κ2) is 7.45. The Morgan fingerprint density at radius 3 is 2.44 bits per heavy atom. The Morgan fingerprint density at radius 1 is 1.07 bits per heavy atom. The number of pyridine rings is 1. The summed E-state index contributed by atoms with van der Waals surface area (Å²) in [6, 6.07) is 12.6. The number of carboxylic acids is 1. The summed E-state index contributed by atoms with van der Waals surface area (Å²) in [5, 5.41) is 22.2. The molecule has 6 heteroatoms. The van der Waals surface area contributed by atoms with Gasteiger partial charge >= 0.3 is 5.97 Å². The second-order valence-electron chi connectivity index (χ2n) is 6.55. The van der Waals surface area contributed by atoms with E-state index in [0.717, 1.165) is 16.5 Å². The molecule has 0 aliphatic carbocycles. The van der Waals surface area contributed by atoms with Gasteiger partial charge in [-0.15, -0.1) is 0 Å². The highest BCUT2D eigenvalue weighted by atomic mass is 16.4. The Balaban J connectivity index is 1.85. The number of carboxylic acid groups (broad SMARTS) is 1. The van der Waals surface area contributed by atoms with E-state index in [1.165, 1.54) is 12.1 Å². The minimum Gasteiger partial charge on any atom is -0.508 e. The van der Waals surface area contributed by atoms with Gasteiger partial charge < -0.3 is 15.5 Å². The quantitative estimate of drug-likeness (QED) is 0.646. The first-order valence-corrected chi connectivity index (χ1v) is 8.53. The van der Waals surface area contributed by atoms with E-state index in [9.17, 15) is 19.8 Å². The molecule has 1 amide bonds. The third-order valence-corrected chi connectivity index (χ3v) is 4.39. The lowest BCUT2D eigenvalue weighted by Crippen LogP contribution is -2.42. The van der Waals surface area contributed by atoms with Crippen LogP contribution in [0.5, 0.6) is 5.75 Å². The van der Waals surface area contributed by atoms with Gasteiger partial charge in [0.25, 0.3) is 5.91 Å². The van der Waals surface area contributed by atoms with Gasteiger partial charge in [0.15, 0.2) is 0 Å². The SMILES string of the molecule is Cc1ccc2nc(C)c(C(=O)N[C@@H](Cc3ccc(O)cc3)C(=O)O)cc2c1. The molecule has 0 radical (unpaired) electrons. The number of nitrogens with one attached hydrogen (secondary N) is 1. The van der Waals surface area contributed by atoms with Crippen LogP contribution in [-0.2, 0) is 11.2 Å². The van der Waals surface area contributed by atoms with Crippen LogP contribution in [0.4, 0.5) is 0 Å². The molecule has 0 unspecified atom stereocenters. The molecule has 1 aromatic heterocycles. The first kappa shape index (κ1) is 18.4. The number of carbonyl (C=O) groups is 2. The molecule has 2 aromatic carbocycles. The number of aromatic nitrogens is 1. The van der Waals surface area contributed by atoms with Crippen LogP contribution in [0.2, 0.25) is 0 Å². The Kier molecular flexibility index (Phi) is 5.07. The molecule has 3 N–H and O–H groups in total. The molecule has 1 heterocycles. The zero-order valence-corrected chi connectivity index (χ0v) is 15.1. The van der Waals surface area contributed by atoms with E-state index in [4.69, 9.17) is 0 Å². The molecule has 27 heavy (non-hydrogen) atoms. The highest BCUT2D eigenvalue weighted by molar-refractivity contribution is 6.00. The number of phenols is 1. The van der Waals surface area contributed by atoms with Crippen LogP contribution >= 0.6 is 0 Å². The number of nitrogens with zero attached hydrogens (tertiary/aromatic N) is 1. The van der Waals surface area contributed by atoms with Crippen molar-refractivity contribution in [3.8, 4) is 5.75 Å².